The van der Waals surface area contributed by atoms with Gasteiger partial charge in [0.15, 0.2) is 0 Å². The van der Waals surface area contributed by atoms with E-state index in [9.17, 15) is 4.79 Å². The molecule has 156 valence electrons. The summed E-state index contributed by atoms with van der Waals surface area (Å²) in [4.78, 5) is 10.5. The van der Waals surface area contributed by atoms with Gasteiger partial charge in [0.1, 0.15) is 0 Å². The summed E-state index contributed by atoms with van der Waals surface area (Å²) in [5.41, 5.74) is 0. The predicted octanol–water partition coefficient (Wildman–Crippen LogP) is 5.21. The lowest BCUT2D eigenvalue weighted by Gasteiger charge is -2.20. The van der Waals surface area contributed by atoms with Gasteiger partial charge >= 0.3 is 5.97 Å². The summed E-state index contributed by atoms with van der Waals surface area (Å²) in [6, 6.07) is 0. The van der Waals surface area contributed by atoms with Crippen LogP contribution in [0.3, 0.4) is 0 Å². The van der Waals surface area contributed by atoms with E-state index in [1.165, 1.54) is 0 Å². The molecule has 3 atom stereocenters. The Kier molecular flexibility index (Phi) is 17.3. The number of carboxylic acids is 1. The third-order valence-electron chi connectivity index (χ3n) is 5.23. The van der Waals surface area contributed by atoms with Crippen molar-refractivity contribution in [2.24, 2.45) is 0 Å². The molecule has 0 radical (unpaired) electrons. The second-order valence-corrected chi connectivity index (χ2v) is 7.19. The first-order valence-corrected chi connectivity index (χ1v) is 10.4. The van der Waals surface area contributed by atoms with Crippen LogP contribution >= 0.6 is 0 Å². The first kappa shape index (κ1) is 25.4. The number of rotatable bonds is 19. The second kappa shape index (κ2) is 17.7. The van der Waals surface area contributed by atoms with Gasteiger partial charge in [-0.25, -0.2) is 0 Å². The SMILES string of the molecule is CCC(CCC(CCCC(CCCCCCCC(=O)O)OC)OC)OC. The Morgan fingerprint density at radius 2 is 1.15 bits per heavy atom. The maximum Gasteiger partial charge on any atom is 0.303 e. The van der Waals surface area contributed by atoms with E-state index in [1.807, 2.05) is 0 Å². The van der Waals surface area contributed by atoms with E-state index < -0.39 is 5.97 Å². The minimum atomic E-state index is -0.689. The molecule has 0 aliphatic carbocycles. The van der Waals surface area contributed by atoms with Crippen LogP contribution < -0.4 is 0 Å². The van der Waals surface area contributed by atoms with Gasteiger partial charge in [-0.1, -0.05) is 32.6 Å². The van der Waals surface area contributed by atoms with E-state index >= 15 is 0 Å². The van der Waals surface area contributed by atoms with Crippen LogP contribution in [-0.2, 0) is 19.0 Å². The van der Waals surface area contributed by atoms with E-state index in [0.717, 1.165) is 77.0 Å². The highest BCUT2D eigenvalue weighted by Crippen LogP contribution is 2.18. The zero-order valence-electron chi connectivity index (χ0n) is 17.5. The first-order valence-electron chi connectivity index (χ1n) is 10.4. The van der Waals surface area contributed by atoms with Crippen molar-refractivity contribution in [2.45, 2.75) is 109 Å². The molecule has 5 heteroatoms. The van der Waals surface area contributed by atoms with Crippen molar-refractivity contribution in [3.63, 3.8) is 0 Å². The van der Waals surface area contributed by atoms with Gasteiger partial charge in [0, 0.05) is 27.8 Å². The Labute approximate surface area is 160 Å². The van der Waals surface area contributed by atoms with Crippen LogP contribution in [0.25, 0.3) is 0 Å². The lowest BCUT2D eigenvalue weighted by atomic mass is 10.00. The molecule has 0 aliphatic rings. The maximum absolute atomic E-state index is 10.5. The highest BCUT2D eigenvalue weighted by atomic mass is 16.5. The number of aliphatic carboxylic acids is 1. The van der Waals surface area contributed by atoms with E-state index in [-0.39, 0.29) is 0 Å². The fourth-order valence-electron chi connectivity index (χ4n) is 3.37. The molecule has 0 fully saturated rings. The number of carbonyl (C=O) groups is 1. The molecule has 0 saturated carbocycles. The van der Waals surface area contributed by atoms with Crippen LogP contribution in [-0.4, -0.2) is 50.7 Å². The van der Waals surface area contributed by atoms with E-state index in [2.05, 4.69) is 6.92 Å². The van der Waals surface area contributed by atoms with Crippen LogP contribution in [0, 0.1) is 0 Å². The quantitative estimate of drug-likeness (QED) is 0.315. The number of ether oxygens (including phenoxy) is 3. The van der Waals surface area contributed by atoms with Gasteiger partial charge in [0.2, 0.25) is 0 Å². The van der Waals surface area contributed by atoms with Crippen molar-refractivity contribution in [1.29, 1.82) is 0 Å². The molecule has 0 aromatic rings. The van der Waals surface area contributed by atoms with Gasteiger partial charge in [-0.2, -0.15) is 0 Å². The monoisotopic (exact) mass is 374 g/mol. The van der Waals surface area contributed by atoms with Crippen molar-refractivity contribution in [2.75, 3.05) is 21.3 Å². The lowest BCUT2D eigenvalue weighted by molar-refractivity contribution is -0.137. The number of unbranched alkanes of at least 4 members (excludes halogenated alkanes) is 4. The third kappa shape index (κ3) is 14.5. The van der Waals surface area contributed by atoms with Gasteiger partial charge in [-0.3, -0.25) is 4.79 Å². The van der Waals surface area contributed by atoms with Crippen LogP contribution in [0.1, 0.15) is 90.4 Å². The highest BCUT2D eigenvalue weighted by Gasteiger charge is 2.13. The Morgan fingerprint density at radius 3 is 1.69 bits per heavy atom. The number of hydrogen-bond donors (Lipinski definition) is 1. The Morgan fingerprint density at radius 1 is 0.692 bits per heavy atom. The molecule has 0 amide bonds. The first-order chi connectivity index (χ1) is 12.6. The minimum absolute atomic E-state index is 0.296. The number of hydrogen-bond acceptors (Lipinski definition) is 4. The summed E-state index contributed by atoms with van der Waals surface area (Å²) in [6.45, 7) is 2.16. The molecular weight excluding hydrogens is 332 g/mol. The minimum Gasteiger partial charge on any atom is -0.481 e. The van der Waals surface area contributed by atoms with E-state index in [1.54, 1.807) is 21.3 Å². The average molecular weight is 375 g/mol. The summed E-state index contributed by atoms with van der Waals surface area (Å²) in [6.07, 6.45) is 14.1. The summed E-state index contributed by atoms with van der Waals surface area (Å²) in [7, 11) is 5.39. The molecule has 0 bridgehead atoms. The van der Waals surface area contributed by atoms with Crippen molar-refractivity contribution in [1.82, 2.24) is 0 Å². The molecule has 0 aliphatic heterocycles. The Bertz CT molecular complexity index is 318. The average Bonchev–Trinajstić information content (AvgIpc) is 2.64. The molecule has 26 heavy (non-hydrogen) atoms. The maximum atomic E-state index is 10.5. The predicted molar refractivity (Wildman–Crippen MR) is 106 cm³/mol. The van der Waals surface area contributed by atoms with Crippen molar-refractivity contribution >= 4 is 5.97 Å². The fraction of sp³-hybridized carbons (Fsp3) is 0.952. The van der Waals surface area contributed by atoms with Gasteiger partial charge in [0.25, 0.3) is 0 Å². The van der Waals surface area contributed by atoms with Gasteiger partial charge in [0.05, 0.1) is 18.3 Å². The summed E-state index contributed by atoms with van der Waals surface area (Å²) < 4.78 is 16.7. The fourth-order valence-corrected chi connectivity index (χ4v) is 3.37. The zero-order valence-corrected chi connectivity index (χ0v) is 17.5. The normalized spacial score (nSPS) is 14.9. The van der Waals surface area contributed by atoms with Gasteiger partial charge in [-0.05, 0) is 51.4 Å². The Hall–Kier alpha value is -0.650. The molecule has 0 heterocycles. The highest BCUT2D eigenvalue weighted by molar-refractivity contribution is 5.66. The molecule has 0 rings (SSSR count). The Balaban J connectivity index is 3.76. The van der Waals surface area contributed by atoms with Crippen LogP contribution in [0.4, 0.5) is 0 Å². The molecule has 5 nitrogen and oxygen atoms in total. The second-order valence-electron chi connectivity index (χ2n) is 7.19. The van der Waals surface area contributed by atoms with Crippen molar-refractivity contribution in [3.05, 3.63) is 0 Å². The number of methoxy groups -OCH3 is 3. The lowest BCUT2D eigenvalue weighted by Crippen LogP contribution is -2.17. The van der Waals surface area contributed by atoms with Crippen molar-refractivity contribution in [3.8, 4) is 0 Å². The standard InChI is InChI=1S/C21H42O5/c1-5-18(24-2)16-17-20(26-4)14-11-13-19(25-3)12-9-7-6-8-10-15-21(22)23/h18-20H,5-17H2,1-4H3,(H,22,23). The van der Waals surface area contributed by atoms with Gasteiger partial charge in [-0.15, -0.1) is 0 Å². The zero-order chi connectivity index (χ0) is 19.6. The van der Waals surface area contributed by atoms with Crippen LogP contribution in [0.2, 0.25) is 0 Å². The van der Waals surface area contributed by atoms with E-state index in [4.69, 9.17) is 19.3 Å². The third-order valence-corrected chi connectivity index (χ3v) is 5.23. The summed E-state index contributed by atoms with van der Waals surface area (Å²) in [5, 5.41) is 8.61. The summed E-state index contributed by atoms with van der Waals surface area (Å²) >= 11 is 0. The molecule has 1 N–H and O–H groups in total. The van der Waals surface area contributed by atoms with Gasteiger partial charge < -0.3 is 19.3 Å². The molecule has 0 aromatic heterocycles. The largest absolute Gasteiger partial charge is 0.481 e. The molecular formula is C21H42O5. The van der Waals surface area contributed by atoms with E-state index in [0.29, 0.717) is 24.7 Å². The van der Waals surface area contributed by atoms with Crippen molar-refractivity contribution < 1.29 is 24.1 Å². The molecule has 0 spiro atoms. The van der Waals surface area contributed by atoms with Crippen LogP contribution in [0.15, 0.2) is 0 Å². The smallest absolute Gasteiger partial charge is 0.303 e. The molecule has 3 unspecified atom stereocenters. The van der Waals surface area contributed by atoms with Crippen LogP contribution in [0.5, 0.6) is 0 Å². The molecule has 0 saturated heterocycles. The topological polar surface area (TPSA) is 65.0 Å². The molecule has 0 aromatic carbocycles. The number of carboxylic acid groups (broad SMARTS) is 1. The summed E-state index contributed by atoms with van der Waals surface area (Å²) in [5.74, 6) is -0.689.